The van der Waals surface area contributed by atoms with Crippen molar-refractivity contribution in [2.24, 2.45) is 7.05 Å². The number of nitrogens with zero attached hydrogens (tertiary/aromatic N) is 7. The standard InChI is InChI=1S/C18H16FN9/c1-10(25-17-12(8-20)16(21)22-9-23-17)18-26-13-4-3-11(19)7-14(13)28(18)15-5-6-24-27(15)2/h3-7,9-10H,1-2H3,(H3,21,22,23,25). The third-order valence-corrected chi connectivity index (χ3v) is 4.40. The Labute approximate surface area is 159 Å². The molecule has 4 aromatic rings. The number of nitrogen functional groups attached to an aromatic ring is 1. The number of nitrogens with two attached hydrogens (primary N) is 1. The Balaban J connectivity index is 1.86. The smallest absolute Gasteiger partial charge is 0.150 e. The van der Waals surface area contributed by atoms with E-state index in [-0.39, 0.29) is 23.2 Å². The van der Waals surface area contributed by atoms with Crippen molar-refractivity contribution in [2.75, 3.05) is 11.1 Å². The number of halogens is 1. The lowest BCUT2D eigenvalue weighted by molar-refractivity contribution is 0.628. The van der Waals surface area contributed by atoms with Gasteiger partial charge in [0.1, 0.15) is 47.1 Å². The number of aryl methyl sites for hydroxylation is 1. The fourth-order valence-electron chi connectivity index (χ4n) is 3.07. The second kappa shape index (κ2) is 6.62. The van der Waals surface area contributed by atoms with Crippen LogP contribution in [0.15, 0.2) is 36.8 Å². The van der Waals surface area contributed by atoms with Crippen molar-refractivity contribution < 1.29 is 4.39 Å². The first-order valence-corrected chi connectivity index (χ1v) is 8.43. The molecule has 3 heterocycles. The van der Waals surface area contributed by atoms with E-state index >= 15 is 0 Å². The van der Waals surface area contributed by atoms with Crippen LogP contribution in [0.2, 0.25) is 0 Å². The first-order chi connectivity index (χ1) is 13.5. The van der Waals surface area contributed by atoms with Crippen LogP contribution in [0.5, 0.6) is 0 Å². The molecular weight excluding hydrogens is 361 g/mol. The van der Waals surface area contributed by atoms with Gasteiger partial charge in [0.15, 0.2) is 0 Å². The van der Waals surface area contributed by atoms with Crippen molar-refractivity contribution in [1.82, 2.24) is 29.3 Å². The van der Waals surface area contributed by atoms with Gasteiger partial charge in [-0.2, -0.15) is 10.4 Å². The van der Waals surface area contributed by atoms with E-state index in [0.29, 0.717) is 22.7 Å². The number of anilines is 2. The minimum atomic E-state index is -0.383. The van der Waals surface area contributed by atoms with Gasteiger partial charge in [-0.15, -0.1) is 0 Å². The summed E-state index contributed by atoms with van der Waals surface area (Å²) in [6.07, 6.45) is 2.94. The second-order valence-corrected chi connectivity index (χ2v) is 6.21. The van der Waals surface area contributed by atoms with E-state index in [1.807, 2.05) is 23.6 Å². The lowest BCUT2D eigenvalue weighted by atomic mass is 10.2. The zero-order valence-electron chi connectivity index (χ0n) is 15.1. The molecule has 0 saturated heterocycles. The maximum atomic E-state index is 13.9. The van der Waals surface area contributed by atoms with Crippen LogP contribution in [0.3, 0.4) is 0 Å². The van der Waals surface area contributed by atoms with Gasteiger partial charge in [-0.1, -0.05) is 0 Å². The van der Waals surface area contributed by atoms with Gasteiger partial charge in [0.2, 0.25) is 0 Å². The topological polar surface area (TPSA) is 123 Å². The molecule has 140 valence electrons. The van der Waals surface area contributed by atoms with Gasteiger partial charge in [0.25, 0.3) is 0 Å². The predicted molar refractivity (Wildman–Crippen MR) is 101 cm³/mol. The molecule has 3 aromatic heterocycles. The van der Waals surface area contributed by atoms with Gasteiger partial charge in [0, 0.05) is 19.2 Å². The molecule has 3 N–H and O–H groups in total. The average Bonchev–Trinajstić information content (AvgIpc) is 3.24. The van der Waals surface area contributed by atoms with E-state index in [9.17, 15) is 9.65 Å². The summed E-state index contributed by atoms with van der Waals surface area (Å²) in [5.41, 5.74) is 7.16. The maximum Gasteiger partial charge on any atom is 0.150 e. The minimum Gasteiger partial charge on any atom is -0.382 e. The van der Waals surface area contributed by atoms with E-state index < -0.39 is 0 Å². The Bertz CT molecular complexity index is 1220. The first-order valence-electron chi connectivity index (χ1n) is 8.43. The van der Waals surface area contributed by atoms with Crippen LogP contribution in [0, 0.1) is 17.1 Å². The molecular formula is C18H16FN9. The number of hydrogen-bond donors (Lipinski definition) is 2. The normalized spacial score (nSPS) is 12.1. The first kappa shape index (κ1) is 17.4. The van der Waals surface area contributed by atoms with E-state index in [4.69, 9.17) is 5.73 Å². The molecule has 1 unspecified atom stereocenters. The Morgan fingerprint density at radius 1 is 1.29 bits per heavy atom. The van der Waals surface area contributed by atoms with Gasteiger partial charge in [-0.05, 0) is 19.1 Å². The quantitative estimate of drug-likeness (QED) is 0.559. The monoisotopic (exact) mass is 377 g/mol. The van der Waals surface area contributed by atoms with E-state index in [0.717, 1.165) is 5.82 Å². The highest BCUT2D eigenvalue weighted by atomic mass is 19.1. The van der Waals surface area contributed by atoms with Gasteiger partial charge in [0.05, 0.1) is 23.3 Å². The van der Waals surface area contributed by atoms with Gasteiger partial charge in [-0.25, -0.2) is 19.3 Å². The van der Waals surface area contributed by atoms with Crippen molar-refractivity contribution in [3.63, 3.8) is 0 Å². The molecule has 4 rings (SSSR count). The van der Waals surface area contributed by atoms with Crippen LogP contribution in [0.4, 0.5) is 16.0 Å². The fraction of sp³-hybridized carbons (Fsp3) is 0.167. The zero-order valence-corrected chi connectivity index (χ0v) is 15.1. The highest BCUT2D eigenvalue weighted by molar-refractivity contribution is 5.78. The van der Waals surface area contributed by atoms with Gasteiger partial charge in [-0.3, -0.25) is 9.25 Å². The highest BCUT2D eigenvalue weighted by Crippen LogP contribution is 2.28. The van der Waals surface area contributed by atoms with Crippen LogP contribution in [0.25, 0.3) is 16.9 Å². The Morgan fingerprint density at radius 3 is 2.82 bits per heavy atom. The number of rotatable bonds is 4. The SMILES string of the molecule is CC(Nc1ncnc(N)c1C#N)c1nc2ccc(F)cc2n1-c1ccnn1C. The summed E-state index contributed by atoms with van der Waals surface area (Å²) in [5.74, 6) is 1.36. The summed E-state index contributed by atoms with van der Waals surface area (Å²) in [6.45, 7) is 1.86. The Morgan fingerprint density at radius 2 is 2.11 bits per heavy atom. The minimum absolute atomic E-state index is 0.0920. The molecule has 0 fully saturated rings. The Kier molecular flexibility index (Phi) is 4.12. The van der Waals surface area contributed by atoms with Gasteiger partial charge < -0.3 is 11.1 Å². The third kappa shape index (κ3) is 2.79. The lowest BCUT2D eigenvalue weighted by Gasteiger charge is -2.17. The molecule has 0 spiro atoms. The molecule has 0 aliphatic carbocycles. The summed E-state index contributed by atoms with van der Waals surface area (Å²) in [4.78, 5) is 12.6. The fourth-order valence-corrected chi connectivity index (χ4v) is 3.07. The molecule has 0 amide bonds. The van der Waals surface area contributed by atoms with Crippen molar-refractivity contribution >= 4 is 22.7 Å². The summed E-state index contributed by atoms with van der Waals surface area (Å²) in [7, 11) is 1.79. The molecule has 0 saturated carbocycles. The maximum absolute atomic E-state index is 13.9. The summed E-state index contributed by atoms with van der Waals surface area (Å²) in [6, 6.07) is 7.84. The number of nitriles is 1. The molecule has 0 aliphatic rings. The Hall–Kier alpha value is -4.00. The molecule has 10 heteroatoms. The number of aromatic nitrogens is 6. The largest absolute Gasteiger partial charge is 0.382 e. The summed E-state index contributed by atoms with van der Waals surface area (Å²) >= 11 is 0. The average molecular weight is 377 g/mol. The second-order valence-electron chi connectivity index (χ2n) is 6.21. The van der Waals surface area contributed by atoms with Crippen molar-refractivity contribution in [3.05, 3.63) is 54.0 Å². The molecule has 9 nitrogen and oxygen atoms in total. The molecule has 0 bridgehead atoms. The summed E-state index contributed by atoms with van der Waals surface area (Å²) < 4.78 is 17.4. The molecule has 1 atom stereocenters. The third-order valence-electron chi connectivity index (χ3n) is 4.40. The van der Waals surface area contributed by atoms with E-state index in [1.54, 1.807) is 24.0 Å². The molecule has 0 radical (unpaired) electrons. The van der Waals surface area contributed by atoms with Crippen LogP contribution < -0.4 is 11.1 Å². The number of fused-ring (bicyclic) bond motifs is 1. The van der Waals surface area contributed by atoms with E-state index in [1.165, 1.54) is 18.5 Å². The van der Waals surface area contributed by atoms with Crippen molar-refractivity contribution in [3.8, 4) is 11.9 Å². The van der Waals surface area contributed by atoms with Gasteiger partial charge >= 0.3 is 0 Å². The molecule has 1 aromatic carbocycles. The lowest BCUT2D eigenvalue weighted by Crippen LogP contribution is -2.16. The molecule has 0 aliphatic heterocycles. The summed E-state index contributed by atoms with van der Waals surface area (Å²) in [5, 5.41) is 16.7. The zero-order chi connectivity index (χ0) is 19.8. The molecule has 28 heavy (non-hydrogen) atoms. The number of hydrogen-bond acceptors (Lipinski definition) is 7. The number of benzene rings is 1. The number of nitrogens with one attached hydrogen (secondary N) is 1. The van der Waals surface area contributed by atoms with Crippen LogP contribution in [0.1, 0.15) is 24.4 Å². The number of imidazole rings is 1. The highest BCUT2D eigenvalue weighted by Gasteiger charge is 2.21. The van der Waals surface area contributed by atoms with Crippen molar-refractivity contribution in [1.29, 1.82) is 5.26 Å². The van der Waals surface area contributed by atoms with Crippen LogP contribution in [-0.4, -0.2) is 29.3 Å². The van der Waals surface area contributed by atoms with Crippen LogP contribution >= 0.6 is 0 Å². The van der Waals surface area contributed by atoms with E-state index in [2.05, 4.69) is 25.4 Å². The van der Waals surface area contributed by atoms with Crippen molar-refractivity contribution in [2.45, 2.75) is 13.0 Å². The predicted octanol–water partition coefficient (Wildman–Crippen LogP) is 2.32. The van der Waals surface area contributed by atoms with Crippen LogP contribution in [-0.2, 0) is 7.05 Å².